The first kappa shape index (κ1) is 28.7. The van der Waals surface area contributed by atoms with E-state index in [1.807, 2.05) is 36.4 Å². The SMILES string of the molecule is CN(C)CCOB(c1ccccc1)c1ccc(Oc2ccc(B(OCCN(C)C)c3ccccc3)cc2)cc1. The van der Waals surface area contributed by atoms with E-state index in [-0.39, 0.29) is 13.8 Å². The second-order valence-electron chi connectivity index (χ2n) is 10.2. The molecule has 200 valence electrons. The quantitative estimate of drug-likeness (QED) is 0.239. The molecule has 0 aliphatic heterocycles. The van der Waals surface area contributed by atoms with Gasteiger partial charge in [-0.1, -0.05) is 84.9 Å². The molecule has 0 heterocycles. The lowest BCUT2D eigenvalue weighted by atomic mass is 9.55. The molecule has 0 aliphatic carbocycles. The lowest BCUT2D eigenvalue weighted by molar-refractivity contribution is 0.269. The number of hydrogen-bond donors (Lipinski definition) is 0. The van der Waals surface area contributed by atoms with Crippen LogP contribution in [0.1, 0.15) is 0 Å². The Morgan fingerprint density at radius 1 is 0.462 bits per heavy atom. The summed E-state index contributed by atoms with van der Waals surface area (Å²) >= 11 is 0. The largest absolute Gasteiger partial charge is 0.457 e. The Kier molecular flexibility index (Phi) is 10.8. The second kappa shape index (κ2) is 14.7. The van der Waals surface area contributed by atoms with Crippen LogP contribution in [0.5, 0.6) is 11.5 Å². The van der Waals surface area contributed by atoms with Crippen molar-refractivity contribution in [3.8, 4) is 11.5 Å². The van der Waals surface area contributed by atoms with Gasteiger partial charge < -0.3 is 23.8 Å². The second-order valence-corrected chi connectivity index (χ2v) is 10.2. The van der Waals surface area contributed by atoms with Crippen LogP contribution in [0.4, 0.5) is 0 Å². The van der Waals surface area contributed by atoms with Crippen molar-refractivity contribution >= 4 is 35.7 Å². The van der Waals surface area contributed by atoms with Crippen molar-refractivity contribution in [3.63, 3.8) is 0 Å². The van der Waals surface area contributed by atoms with Crippen molar-refractivity contribution in [2.45, 2.75) is 0 Å². The number of benzene rings is 4. The fourth-order valence-electron chi connectivity index (χ4n) is 4.29. The molecule has 7 heteroatoms. The summed E-state index contributed by atoms with van der Waals surface area (Å²) in [4.78, 5) is 4.25. The fraction of sp³-hybridized carbons (Fsp3) is 0.250. The number of rotatable bonds is 14. The zero-order valence-corrected chi connectivity index (χ0v) is 23.5. The Balaban J connectivity index is 1.44. The Labute approximate surface area is 234 Å². The highest BCUT2D eigenvalue weighted by molar-refractivity contribution is 6.80. The van der Waals surface area contributed by atoms with Crippen LogP contribution in [-0.4, -0.2) is 78.1 Å². The topological polar surface area (TPSA) is 34.2 Å². The highest BCUT2D eigenvalue weighted by Crippen LogP contribution is 2.19. The molecule has 5 nitrogen and oxygen atoms in total. The van der Waals surface area contributed by atoms with Crippen molar-refractivity contribution < 1.29 is 14.0 Å². The minimum Gasteiger partial charge on any atom is -0.457 e. The monoisotopic (exact) mass is 520 g/mol. The van der Waals surface area contributed by atoms with Gasteiger partial charge in [-0.2, -0.15) is 0 Å². The molecule has 0 saturated carbocycles. The van der Waals surface area contributed by atoms with Crippen LogP contribution in [0.25, 0.3) is 0 Å². The van der Waals surface area contributed by atoms with Gasteiger partial charge in [0.25, 0.3) is 0 Å². The molecular formula is C32H38B2N2O3. The van der Waals surface area contributed by atoms with E-state index in [2.05, 4.69) is 111 Å². The molecule has 0 atom stereocenters. The zero-order valence-electron chi connectivity index (χ0n) is 23.5. The molecular weight excluding hydrogens is 482 g/mol. The predicted octanol–water partition coefficient (Wildman–Crippen LogP) is 2.85. The van der Waals surface area contributed by atoms with Crippen LogP contribution >= 0.6 is 0 Å². The molecule has 4 rings (SSSR count). The maximum absolute atomic E-state index is 6.30. The molecule has 0 saturated heterocycles. The summed E-state index contributed by atoms with van der Waals surface area (Å²) in [6.07, 6.45) is 0. The average molecular weight is 520 g/mol. The summed E-state index contributed by atoms with van der Waals surface area (Å²) < 4.78 is 18.8. The smallest absolute Gasteiger partial charge is 0.361 e. The minimum absolute atomic E-state index is 0.123. The maximum atomic E-state index is 6.30. The molecule has 0 bridgehead atoms. The average Bonchev–Trinajstić information content (AvgIpc) is 2.95. The Morgan fingerprint density at radius 2 is 0.795 bits per heavy atom. The summed E-state index contributed by atoms with van der Waals surface area (Å²) in [6.45, 7) is 2.79. The van der Waals surface area contributed by atoms with Gasteiger partial charge in [-0.05, 0) is 74.3 Å². The first-order valence-electron chi connectivity index (χ1n) is 13.5. The lowest BCUT2D eigenvalue weighted by Crippen LogP contribution is -2.46. The van der Waals surface area contributed by atoms with E-state index in [4.69, 9.17) is 14.0 Å². The molecule has 0 aromatic heterocycles. The van der Waals surface area contributed by atoms with Crippen molar-refractivity contribution in [3.05, 3.63) is 109 Å². The van der Waals surface area contributed by atoms with Crippen LogP contribution in [0.3, 0.4) is 0 Å². The van der Waals surface area contributed by atoms with Crippen LogP contribution in [-0.2, 0) is 9.31 Å². The third-order valence-corrected chi connectivity index (χ3v) is 6.45. The first-order chi connectivity index (χ1) is 19.0. The van der Waals surface area contributed by atoms with E-state index in [1.165, 1.54) is 0 Å². The van der Waals surface area contributed by atoms with Gasteiger partial charge in [0, 0.05) is 26.3 Å². The number of hydrogen-bond acceptors (Lipinski definition) is 5. The van der Waals surface area contributed by atoms with E-state index in [0.717, 1.165) is 46.4 Å². The Hall–Kier alpha value is -3.35. The van der Waals surface area contributed by atoms with Gasteiger partial charge in [-0.15, -0.1) is 0 Å². The van der Waals surface area contributed by atoms with Gasteiger partial charge in [0.15, 0.2) is 0 Å². The highest BCUT2D eigenvalue weighted by atomic mass is 16.5. The van der Waals surface area contributed by atoms with Crippen molar-refractivity contribution in [2.75, 3.05) is 54.5 Å². The minimum atomic E-state index is -0.123. The molecule has 0 unspecified atom stereocenters. The standard InChI is InChI=1S/C32H38B2N2O3/c1-35(2)23-25-37-33(27-11-7-5-8-12-27)29-15-19-31(20-16-29)39-32-21-17-30(18-22-32)34(38-26-24-36(3)4)28-13-9-6-10-14-28/h5-22H,23-26H2,1-4H3. The van der Waals surface area contributed by atoms with E-state index in [9.17, 15) is 0 Å². The molecule has 0 amide bonds. The van der Waals surface area contributed by atoms with Crippen LogP contribution in [0, 0.1) is 0 Å². The van der Waals surface area contributed by atoms with Gasteiger partial charge in [-0.3, -0.25) is 0 Å². The van der Waals surface area contributed by atoms with Crippen LogP contribution < -0.4 is 26.6 Å². The van der Waals surface area contributed by atoms with Gasteiger partial charge in [0.05, 0.1) is 0 Å². The predicted molar refractivity (Wildman–Crippen MR) is 165 cm³/mol. The van der Waals surface area contributed by atoms with Crippen molar-refractivity contribution in [1.29, 1.82) is 0 Å². The van der Waals surface area contributed by atoms with E-state index < -0.39 is 0 Å². The third-order valence-electron chi connectivity index (χ3n) is 6.45. The van der Waals surface area contributed by atoms with Gasteiger partial charge in [0.1, 0.15) is 11.5 Å². The van der Waals surface area contributed by atoms with E-state index >= 15 is 0 Å². The molecule has 0 fully saturated rings. The molecule has 0 spiro atoms. The van der Waals surface area contributed by atoms with Crippen LogP contribution in [0.15, 0.2) is 109 Å². The number of ether oxygens (including phenoxy) is 1. The van der Waals surface area contributed by atoms with E-state index in [0.29, 0.717) is 13.2 Å². The summed E-state index contributed by atoms with van der Waals surface area (Å²) in [7, 11) is 8.22. The fourth-order valence-corrected chi connectivity index (χ4v) is 4.29. The Morgan fingerprint density at radius 3 is 1.13 bits per heavy atom. The third kappa shape index (κ3) is 8.84. The van der Waals surface area contributed by atoms with Crippen LogP contribution in [0.2, 0.25) is 0 Å². The number of nitrogens with zero attached hydrogens (tertiary/aromatic N) is 2. The van der Waals surface area contributed by atoms with Crippen molar-refractivity contribution in [1.82, 2.24) is 9.80 Å². The summed E-state index contributed by atoms with van der Waals surface area (Å²) in [5.41, 5.74) is 4.48. The number of likely N-dealkylation sites (N-methyl/N-ethyl adjacent to an activating group) is 2. The summed E-state index contributed by atoms with van der Waals surface area (Å²) in [5, 5.41) is 0. The first-order valence-corrected chi connectivity index (χ1v) is 13.5. The Bertz CT molecular complexity index is 1140. The molecule has 0 N–H and O–H groups in total. The zero-order chi connectivity index (χ0) is 27.5. The van der Waals surface area contributed by atoms with Gasteiger partial charge in [-0.25, -0.2) is 0 Å². The lowest BCUT2D eigenvalue weighted by Gasteiger charge is -2.18. The summed E-state index contributed by atoms with van der Waals surface area (Å²) in [6, 6.07) is 37.1. The van der Waals surface area contributed by atoms with E-state index in [1.54, 1.807) is 0 Å². The highest BCUT2D eigenvalue weighted by Gasteiger charge is 2.22. The molecule has 4 aromatic rings. The molecule has 39 heavy (non-hydrogen) atoms. The van der Waals surface area contributed by atoms with Crippen molar-refractivity contribution in [2.24, 2.45) is 0 Å². The normalized spacial score (nSPS) is 11.1. The molecule has 0 radical (unpaired) electrons. The molecule has 0 aliphatic rings. The molecule has 4 aromatic carbocycles. The van der Waals surface area contributed by atoms with Gasteiger partial charge >= 0.3 is 13.8 Å². The van der Waals surface area contributed by atoms with Gasteiger partial charge in [0.2, 0.25) is 0 Å². The maximum Gasteiger partial charge on any atom is 0.361 e. The summed E-state index contributed by atoms with van der Waals surface area (Å²) in [5.74, 6) is 1.57.